The van der Waals surface area contributed by atoms with Crippen LogP contribution in [0.4, 0.5) is 0 Å². The number of nitrogens with zero attached hydrogens (tertiary/aromatic N) is 4. The number of hydrogen-bond acceptors (Lipinski definition) is 7. The molecule has 23 heavy (non-hydrogen) atoms. The maximum Gasteiger partial charge on any atom is 0.298 e. The molecule has 2 heterocycles. The lowest BCUT2D eigenvalue weighted by molar-refractivity contribution is 0.309. The van der Waals surface area contributed by atoms with Crippen molar-refractivity contribution in [1.82, 2.24) is 19.9 Å². The second kappa shape index (κ2) is 8.14. The van der Waals surface area contributed by atoms with Crippen molar-refractivity contribution in [2.45, 2.75) is 12.5 Å². The zero-order valence-corrected chi connectivity index (χ0v) is 13.2. The number of H-pyrrole nitrogens is 1. The third-order valence-electron chi connectivity index (χ3n) is 3.04. The highest BCUT2D eigenvalue weighted by Crippen LogP contribution is 2.08. The predicted octanol–water partition coefficient (Wildman–Crippen LogP) is 0.738. The Morgan fingerprint density at radius 1 is 1.52 bits per heavy atom. The standard InChI is InChI=1S/C15H20N6O2/c1-21(2)7-3-5-17-9-11(8-16)23-15-19-13-10-18-6-4-12(13)14(22)20-15/h4,6,8-11,16H,3,5,7H2,1-2H3,(H,19,20,22). The van der Waals surface area contributed by atoms with E-state index in [1.165, 1.54) is 18.6 Å². The second-order valence-corrected chi connectivity index (χ2v) is 5.23. The molecule has 1 unspecified atom stereocenters. The molecule has 0 spiro atoms. The van der Waals surface area contributed by atoms with Gasteiger partial charge in [-0.3, -0.25) is 19.8 Å². The minimum Gasteiger partial charge on any atom is -0.450 e. The first-order valence-electron chi connectivity index (χ1n) is 7.26. The van der Waals surface area contributed by atoms with Gasteiger partial charge in [0.25, 0.3) is 11.6 Å². The summed E-state index contributed by atoms with van der Waals surface area (Å²) in [6.07, 6.45) is 5.91. The molecule has 0 bridgehead atoms. The van der Waals surface area contributed by atoms with Crippen LogP contribution in [0.2, 0.25) is 0 Å². The summed E-state index contributed by atoms with van der Waals surface area (Å²) in [5.74, 6) is 0. The van der Waals surface area contributed by atoms with Crippen LogP contribution < -0.4 is 10.3 Å². The molecule has 0 saturated heterocycles. The van der Waals surface area contributed by atoms with Gasteiger partial charge in [0.1, 0.15) is 0 Å². The van der Waals surface area contributed by atoms with Crippen LogP contribution in [0.15, 0.2) is 28.2 Å². The Labute approximate surface area is 133 Å². The van der Waals surface area contributed by atoms with E-state index in [-0.39, 0.29) is 11.6 Å². The van der Waals surface area contributed by atoms with Gasteiger partial charge in [0.2, 0.25) is 0 Å². The van der Waals surface area contributed by atoms with Crippen LogP contribution in [0.5, 0.6) is 6.01 Å². The van der Waals surface area contributed by atoms with Gasteiger partial charge in [0, 0.05) is 25.2 Å². The molecule has 2 aromatic heterocycles. The van der Waals surface area contributed by atoms with Gasteiger partial charge >= 0.3 is 0 Å². The first kappa shape index (κ1) is 16.8. The fraction of sp³-hybridized carbons (Fsp3) is 0.400. The summed E-state index contributed by atoms with van der Waals surface area (Å²) in [7, 11) is 4.01. The molecule has 0 aliphatic rings. The third kappa shape index (κ3) is 4.96. The second-order valence-electron chi connectivity index (χ2n) is 5.23. The zero-order valence-electron chi connectivity index (χ0n) is 13.2. The van der Waals surface area contributed by atoms with E-state index in [1.807, 2.05) is 14.1 Å². The van der Waals surface area contributed by atoms with Gasteiger partial charge in [-0.15, -0.1) is 0 Å². The van der Waals surface area contributed by atoms with E-state index in [1.54, 1.807) is 6.07 Å². The summed E-state index contributed by atoms with van der Waals surface area (Å²) < 4.78 is 5.48. The fourth-order valence-corrected chi connectivity index (χ4v) is 1.92. The van der Waals surface area contributed by atoms with Crippen LogP contribution in [0.1, 0.15) is 6.42 Å². The Hall–Kier alpha value is -2.61. The van der Waals surface area contributed by atoms with Crippen LogP contribution >= 0.6 is 0 Å². The fourth-order valence-electron chi connectivity index (χ4n) is 1.92. The van der Waals surface area contributed by atoms with Gasteiger partial charge < -0.3 is 15.0 Å². The number of aromatic amines is 1. The monoisotopic (exact) mass is 316 g/mol. The lowest BCUT2D eigenvalue weighted by Gasteiger charge is -2.10. The average Bonchev–Trinajstić information content (AvgIpc) is 2.53. The normalized spacial score (nSPS) is 12.8. The molecule has 122 valence electrons. The highest BCUT2D eigenvalue weighted by molar-refractivity contribution is 5.85. The Bertz CT molecular complexity index is 740. The van der Waals surface area contributed by atoms with Gasteiger partial charge in [-0.05, 0) is 33.1 Å². The Balaban J connectivity index is 2.03. The maximum atomic E-state index is 11.9. The molecule has 2 N–H and O–H groups in total. The molecular weight excluding hydrogens is 296 g/mol. The van der Waals surface area contributed by atoms with Crippen molar-refractivity contribution < 1.29 is 4.74 Å². The van der Waals surface area contributed by atoms with Crippen LogP contribution in [0.3, 0.4) is 0 Å². The summed E-state index contributed by atoms with van der Waals surface area (Å²) in [5, 5.41) is 7.83. The Morgan fingerprint density at radius 2 is 2.35 bits per heavy atom. The van der Waals surface area contributed by atoms with E-state index in [4.69, 9.17) is 10.1 Å². The molecule has 0 saturated carbocycles. The minimum atomic E-state index is -0.674. The topological polar surface area (TPSA) is 107 Å². The first-order valence-corrected chi connectivity index (χ1v) is 7.26. The summed E-state index contributed by atoms with van der Waals surface area (Å²) in [4.78, 5) is 28.9. The van der Waals surface area contributed by atoms with Gasteiger partial charge in [0.05, 0.1) is 17.1 Å². The van der Waals surface area contributed by atoms with E-state index in [2.05, 4.69) is 24.8 Å². The van der Waals surface area contributed by atoms with E-state index in [0.29, 0.717) is 17.4 Å². The van der Waals surface area contributed by atoms with Crippen molar-refractivity contribution >= 4 is 23.3 Å². The van der Waals surface area contributed by atoms with E-state index in [9.17, 15) is 4.79 Å². The summed E-state index contributed by atoms with van der Waals surface area (Å²) in [6.45, 7) is 1.59. The lowest BCUT2D eigenvalue weighted by Crippen LogP contribution is -2.23. The molecule has 0 aliphatic carbocycles. The molecule has 0 aliphatic heterocycles. The Morgan fingerprint density at radius 3 is 3.09 bits per heavy atom. The van der Waals surface area contributed by atoms with Crippen LogP contribution in [0.25, 0.3) is 10.9 Å². The summed E-state index contributed by atoms with van der Waals surface area (Å²) >= 11 is 0. The number of fused-ring (bicyclic) bond motifs is 1. The van der Waals surface area contributed by atoms with Gasteiger partial charge in [-0.25, -0.2) is 0 Å². The number of rotatable bonds is 8. The minimum absolute atomic E-state index is 0.0451. The van der Waals surface area contributed by atoms with Crippen LogP contribution in [0, 0.1) is 5.41 Å². The lowest BCUT2D eigenvalue weighted by atomic mass is 10.3. The van der Waals surface area contributed by atoms with Crippen molar-refractivity contribution in [1.29, 1.82) is 5.41 Å². The number of aliphatic imine (C=N–C) groups is 1. The third-order valence-corrected chi connectivity index (χ3v) is 3.04. The summed E-state index contributed by atoms with van der Waals surface area (Å²) in [6, 6.07) is 1.63. The molecule has 0 radical (unpaired) electrons. The predicted molar refractivity (Wildman–Crippen MR) is 89.9 cm³/mol. The first-order chi connectivity index (χ1) is 11.1. The highest BCUT2D eigenvalue weighted by atomic mass is 16.5. The molecule has 0 amide bonds. The largest absolute Gasteiger partial charge is 0.450 e. The number of pyridine rings is 1. The molecule has 2 aromatic rings. The van der Waals surface area contributed by atoms with Gasteiger partial charge in [-0.1, -0.05) is 0 Å². The Kier molecular flexibility index (Phi) is 5.93. The van der Waals surface area contributed by atoms with E-state index < -0.39 is 6.10 Å². The molecule has 0 aromatic carbocycles. The molecule has 2 rings (SSSR count). The van der Waals surface area contributed by atoms with E-state index in [0.717, 1.165) is 19.2 Å². The molecule has 8 heteroatoms. The van der Waals surface area contributed by atoms with Gasteiger partial charge in [0.15, 0.2) is 6.10 Å². The maximum absolute atomic E-state index is 11.9. The quantitative estimate of drug-likeness (QED) is 0.551. The zero-order chi connectivity index (χ0) is 16.7. The van der Waals surface area contributed by atoms with E-state index >= 15 is 0 Å². The number of aromatic nitrogens is 3. The van der Waals surface area contributed by atoms with Crippen molar-refractivity contribution in [2.75, 3.05) is 27.2 Å². The van der Waals surface area contributed by atoms with Crippen molar-refractivity contribution in [3.05, 3.63) is 28.8 Å². The van der Waals surface area contributed by atoms with Crippen LogP contribution in [-0.4, -0.2) is 65.6 Å². The van der Waals surface area contributed by atoms with Crippen molar-refractivity contribution in [2.24, 2.45) is 4.99 Å². The SMILES string of the molecule is CN(C)CCCN=CC(C=N)Oc1nc2cnccc2c(=O)[nH]1. The highest BCUT2D eigenvalue weighted by Gasteiger charge is 2.09. The number of hydrogen-bond donors (Lipinski definition) is 2. The van der Waals surface area contributed by atoms with Gasteiger partial charge in [-0.2, -0.15) is 4.98 Å². The molecule has 0 fully saturated rings. The molecule has 8 nitrogen and oxygen atoms in total. The average molecular weight is 316 g/mol. The molecular formula is C15H20N6O2. The van der Waals surface area contributed by atoms with Crippen molar-refractivity contribution in [3.63, 3.8) is 0 Å². The van der Waals surface area contributed by atoms with Crippen molar-refractivity contribution in [3.8, 4) is 6.01 Å². The number of nitrogens with one attached hydrogen (secondary N) is 2. The smallest absolute Gasteiger partial charge is 0.298 e. The number of ether oxygens (including phenoxy) is 1. The molecule has 1 atom stereocenters. The van der Waals surface area contributed by atoms with Crippen LogP contribution in [-0.2, 0) is 0 Å². The summed E-state index contributed by atoms with van der Waals surface area (Å²) in [5.41, 5.74) is 0.136.